The summed E-state index contributed by atoms with van der Waals surface area (Å²) in [4.78, 5) is 11.3. The van der Waals surface area contributed by atoms with Crippen molar-refractivity contribution in [2.45, 2.75) is 26.7 Å². The first kappa shape index (κ1) is 12.5. The van der Waals surface area contributed by atoms with Crippen LogP contribution in [0.25, 0.3) is 0 Å². The van der Waals surface area contributed by atoms with E-state index in [4.69, 9.17) is 4.74 Å². The summed E-state index contributed by atoms with van der Waals surface area (Å²) >= 11 is 0. The van der Waals surface area contributed by atoms with Gasteiger partial charge in [0.05, 0.1) is 13.2 Å². The highest BCUT2D eigenvalue weighted by Gasteiger charge is 2.38. The lowest BCUT2D eigenvalue weighted by atomic mass is 9.85. The Hall–Kier alpha value is -0.610. The van der Waals surface area contributed by atoms with Gasteiger partial charge in [0.2, 0.25) is 5.91 Å². The molecule has 4 heteroatoms. The van der Waals surface area contributed by atoms with Crippen LogP contribution in [-0.2, 0) is 9.53 Å². The summed E-state index contributed by atoms with van der Waals surface area (Å²) in [7, 11) is 0. The molecule has 1 saturated heterocycles. The fourth-order valence-electron chi connectivity index (χ4n) is 1.65. The Morgan fingerprint density at radius 1 is 1.33 bits per heavy atom. The minimum absolute atomic E-state index is 0.138. The summed E-state index contributed by atoms with van der Waals surface area (Å²) in [6.07, 6.45) is 1.53. The summed E-state index contributed by atoms with van der Waals surface area (Å²) in [6, 6.07) is 0. The largest absolute Gasteiger partial charge is 0.380 e. The van der Waals surface area contributed by atoms with E-state index in [0.717, 1.165) is 39.3 Å². The maximum atomic E-state index is 11.3. The van der Waals surface area contributed by atoms with Gasteiger partial charge in [-0.1, -0.05) is 13.8 Å². The second-order valence-electron chi connectivity index (χ2n) is 4.30. The monoisotopic (exact) mass is 214 g/mol. The fourth-order valence-corrected chi connectivity index (χ4v) is 1.65. The number of nitrogens with one attached hydrogen (secondary N) is 2. The van der Waals surface area contributed by atoms with Crippen LogP contribution in [0.3, 0.4) is 0 Å². The summed E-state index contributed by atoms with van der Waals surface area (Å²) in [5.74, 6) is 0.153. The molecule has 15 heavy (non-hydrogen) atoms. The first-order chi connectivity index (χ1) is 7.22. The van der Waals surface area contributed by atoms with E-state index in [-0.39, 0.29) is 11.3 Å². The summed E-state index contributed by atoms with van der Waals surface area (Å²) in [5.41, 5.74) is 0.138. The molecule has 0 aliphatic carbocycles. The van der Waals surface area contributed by atoms with E-state index in [1.165, 1.54) is 0 Å². The molecule has 0 saturated carbocycles. The molecule has 1 amide bonds. The van der Waals surface area contributed by atoms with E-state index >= 15 is 0 Å². The summed E-state index contributed by atoms with van der Waals surface area (Å²) < 4.78 is 5.24. The fraction of sp³-hybridized carbons (Fsp3) is 0.909. The lowest BCUT2D eigenvalue weighted by Crippen LogP contribution is -2.56. The van der Waals surface area contributed by atoms with Crippen molar-refractivity contribution in [2.24, 2.45) is 5.41 Å². The van der Waals surface area contributed by atoms with Gasteiger partial charge in [-0.15, -0.1) is 0 Å². The SMILES string of the molecule is CCCC(=O)NCC1(CNCC)COC1. The highest BCUT2D eigenvalue weighted by molar-refractivity contribution is 5.75. The highest BCUT2D eigenvalue weighted by atomic mass is 16.5. The molecular weight excluding hydrogens is 192 g/mol. The Labute approximate surface area is 91.8 Å². The van der Waals surface area contributed by atoms with E-state index in [1.54, 1.807) is 0 Å². The Morgan fingerprint density at radius 3 is 2.53 bits per heavy atom. The summed E-state index contributed by atoms with van der Waals surface area (Å²) in [6.45, 7) is 8.24. The number of carbonyl (C=O) groups is 1. The van der Waals surface area contributed by atoms with Crippen molar-refractivity contribution in [1.29, 1.82) is 0 Å². The number of hydrogen-bond acceptors (Lipinski definition) is 3. The zero-order valence-electron chi connectivity index (χ0n) is 9.77. The molecule has 0 atom stereocenters. The minimum Gasteiger partial charge on any atom is -0.380 e. The van der Waals surface area contributed by atoms with Gasteiger partial charge in [0.25, 0.3) is 0 Å². The molecule has 0 bridgehead atoms. The third-order valence-corrected chi connectivity index (χ3v) is 2.70. The number of carbonyl (C=O) groups excluding carboxylic acids is 1. The predicted molar refractivity (Wildman–Crippen MR) is 59.7 cm³/mol. The predicted octanol–water partition coefficient (Wildman–Crippen LogP) is 0.529. The first-order valence-corrected chi connectivity index (χ1v) is 5.77. The van der Waals surface area contributed by atoms with Crippen LogP contribution in [0.2, 0.25) is 0 Å². The van der Waals surface area contributed by atoms with Crippen LogP contribution in [-0.4, -0.2) is 38.8 Å². The van der Waals surface area contributed by atoms with Crippen molar-refractivity contribution in [3.05, 3.63) is 0 Å². The maximum Gasteiger partial charge on any atom is 0.220 e. The topological polar surface area (TPSA) is 50.4 Å². The van der Waals surface area contributed by atoms with E-state index in [1.807, 2.05) is 6.92 Å². The molecule has 0 spiro atoms. The minimum atomic E-state index is 0.138. The number of ether oxygens (including phenoxy) is 1. The van der Waals surface area contributed by atoms with Gasteiger partial charge in [-0.05, 0) is 13.0 Å². The van der Waals surface area contributed by atoms with Crippen molar-refractivity contribution in [1.82, 2.24) is 10.6 Å². The zero-order valence-corrected chi connectivity index (χ0v) is 9.77. The molecule has 88 valence electrons. The highest BCUT2D eigenvalue weighted by Crippen LogP contribution is 2.25. The normalized spacial score (nSPS) is 18.3. The van der Waals surface area contributed by atoms with Crippen molar-refractivity contribution in [2.75, 3.05) is 32.8 Å². The van der Waals surface area contributed by atoms with Gasteiger partial charge in [0.1, 0.15) is 0 Å². The lowest BCUT2D eigenvalue weighted by molar-refractivity contribution is -0.128. The van der Waals surface area contributed by atoms with Crippen molar-refractivity contribution < 1.29 is 9.53 Å². The molecule has 0 aromatic heterocycles. The van der Waals surface area contributed by atoms with Crippen LogP contribution >= 0.6 is 0 Å². The van der Waals surface area contributed by atoms with Crippen LogP contribution in [0.4, 0.5) is 0 Å². The van der Waals surface area contributed by atoms with Crippen LogP contribution < -0.4 is 10.6 Å². The number of amides is 1. The third kappa shape index (κ3) is 3.80. The van der Waals surface area contributed by atoms with E-state index in [0.29, 0.717) is 6.42 Å². The molecule has 1 aliphatic heterocycles. The Balaban J connectivity index is 2.24. The van der Waals surface area contributed by atoms with Crippen LogP contribution in [0.5, 0.6) is 0 Å². The average molecular weight is 214 g/mol. The molecule has 1 fully saturated rings. The second-order valence-corrected chi connectivity index (χ2v) is 4.30. The standard InChI is InChI=1S/C11H22N2O2/c1-3-5-10(14)13-7-11(6-12-4-2)8-15-9-11/h12H,3-9H2,1-2H3,(H,13,14). The summed E-state index contributed by atoms with van der Waals surface area (Å²) in [5, 5.41) is 6.29. The molecular formula is C11H22N2O2. The van der Waals surface area contributed by atoms with Crippen molar-refractivity contribution >= 4 is 5.91 Å². The van der Waals surface area contributed by atoms with Gasteiger partial charge >= 0.3 is 0 Å². The van der Waals surface area contributed by atoms with Crippen molar-refractivity contribution in [3.63, 3.8) is 0 Å². The molecule has 0 aromatic rings. The number of rotatable bonds is 7. The van der Waals surface area contributed by atoms with Gasteiger partial charge in [0, 0.05) is 24.9 Å². The van der Waals surface area contributed by atoms with E-state index < -0.39 is 0 Å². The number of hydrogen-bond donors (Lipinski definition) is 2. The second kappa shape index (κ2) is 6.08. The Bertz CT molecular complexity index is 203. The average Bonchev–Trinajstić information content (AvgIpc) is 2.16. The lowest BCUT2D eigenvalue weighted by Gasteiger charge is -2.41. The molecule has 1 rings (SSSR count). The molecule has 0 radical (unpaired) electrons. The van der Waals surface area contributed by atoms with Crippen LogP contribution in [0.1, 0.15) is 26.7 Å². The molecule has 1 heterocycles. The Morgan fingerprint density at radius 2 is 2.07 bits per heavy atom. The molecule has 0 aromatic carbocycles. The van der Waals surface area contributed by atoms with Crippen LogP contribution in [0.15, 0.2) is 0 Å². The molecule has 4 nitrogen and oxygen atoms in total. The van der Waals surface area contributed by atoms with Gasteiger partial charge in [-0.3, -0.25) is 4.79 Å². The molecule has 0 unspecified atom stereocenters. The zero-order chi connectivity index (χ0) is 11.1. The molecule has 1 aliphatic rings. The van der Waals surface area contributed by atoms with Gasteiger partial charge in [0.15, 0.2) is 0 Å². The Kier molecular flexibility index (Phi) is 5.05. The van der Waals surface area contributed by atoms with Gasteiger partial charge < -0.3 is 15.4 Å². The quantitative estimate of drug-likeness (QED) is 0.650. The van der Waals surface area contributed by atoms with Crippen LogP contribution in [0, 0.1) is 5.41 Å². The third-order valence-electron chi connectivity index (χ3n) is 2.70. The van der Waals surface area contributed by atoms with Crippen molar-refractivity contribution in [3.8, 4) is 0 Å². The van der Waals surface area contributed by atoms with Gasteiger partial charge in [-0.2, -0.15) is 0 Å². The van der Waals surface area contributed by atoms with E-state index in [2.05, 4.69) is 17.6 Å². The molecule has 2 N–H and O–H groups in total. The maximum absolute atomic E-state index is 11.3. The van der Waals surface area contributed by atoms with E-state index in [9.17, 15) is 4.79 Å². The van der Waals surface area contributed by atoms with Gasteiger partial charge in [-0.25, -0.2) is 0 Å². The smallest absolute Gasteiger partial charge is 0.220 e. The first-order valence-electron chi connectivity index (χ1n) is 5.77.